The van der Waals surface area contributed by atoms with Crippen LogP contribution in [-0.4, -0.2) is 23.4 Å². The van der Waals surface area contributed by atoms with Crippen LogP contribution in [0.5, 0.6) is 17.2 Å². The van der Waals surface area contributed by atoms with Crippen LogP contribution in [0.15, 0.2) is 36.4 Å². The van der Waals surface area contributed by atoms with Gasteiger partial charge >= 0.3 is 6.09 Å². The number of nitrogens with two attached hydrogens (primary N) is 1. The molecule has 128 valence electrons. The quantitative estimate of drug-likeness (QED) is 0.734. The largest absolute Gasteiger partial charge is 0.508 e. The van der Waals surface area contributed by atoms with Crippen LogP contribution in [0, 0.1) is 0 Å². The Hall–Kier alpha value is -2.89. The standard InChI is InChI=1S/C18H22N2O4/c1-18(2,3)13-9-11(21)5-8-16(13)24-12-6-7-14(19)15(10-12)20(4)17(22)23/h5-10,21H,19H2,1-4H3,(H,22,23). The number of phenolic OH excluding ortho intramolecular Hbond substituents is 1. The maximum atomic E-state index is 11.1. The SMILES string of the molecule is CN(C(=O)O)c1cc(Oc2ccc(O)cc2C(C)(C)C)ccc1N. The summed E-state index contributed by atoms with van der Waals surface area (Å²) in [5, 5.41) is 18.9. The molecule has 0 aliphatic carbocycles. The van der Waals surface area contributed by atoms with Crippen LogP contribution in [0.1, 0.15) is 26.3 Å². The van der Waals surface area contributed by atoms with Gasteiger partial charge < -0.3 is 20.7 Å². The molecule has 0 fully saturated rings. The molecule has 2 aromatic rings. The lowest BCUT2D eigenvalue weighted by Gasteiger charge is -2.23. The zero-order chi connectivity index (χ0) is 18.1. The van der Waals surface area contributed by atoms with E-state index in [4.69, 9.17) is 15.6 Å². The van der Waals surface area contributed by atoms with Gasteiger partial charge in [-0.25, -0.2) is 4.79 Å². The van der Waals surface area contributed by atoms with Gasteiger partial charge in [-0.3, -0.25) is 4.90 Å². The third kappa shape index (κ3) is 3.71. The summed E-state index contributed by atoms with van der Waals surface area (Å²) >= 11 is 0. The van der Waals surface area contributed by atoms with Gasteiger partial charge in [0, 0.05) is 18.7 Å². The van der Waals surface area contributed by atoms with Crippen LogP contribution in [-0.2, 0) is 5.41 Å². The Balaban J connectivity index is 2.43. The maximum absolute atomic E-state index is 11.1. The van der Waals surface area contributed by atoms with Crippen molar-refractivity contribution in [2.45, 2.75) is 26.2 Å². The highest BCUT2D eigenvalue weighted by atomic mass is 16.5. The van der Waals surface area contributed by atoms with Crippen molar-refractivity contribution >= 4 is 17.5 Å². The van der Waals surface area contributed by atoms with Crippen molar-refractivity contribution in [3.05, 3.63) is 42.0 Å². The number of aromatic hydroxyl groups is 1. The second-order valence-corrected chi connectivity index (χ2v) is 6.59. The minimum atomic E-state index is -1.11. The van der Waals surface area contributed by atoms with Gasteiger partial charge in [0.15, 0.2) is 0 Å². The van der Waals surface area contributed by atoms with Gasteiger partial charge in [-0.05, 0) is 35.7 Å². The lowest BCUT2D eigenvalue weighted by Crippen LogP contribution is -2.24. The number of carbonyl (C=O) groups is 1. The molecule has 1 amide bonds. The minimum absolute atomic E-state index is 0.163. The number of anilines is 2. The number of amides is 1. The molecule has 0 bridgehead atoms. The van der Waals surface area contributed by atoms with E-state index in [9.17, 15) is 9.90 Å². The zero-order valence-corrected chi connectivity index (χ0v) is 14.2. The summed E-state index contributed by atoms with van der Waals surface area (Å²) in [6, 6.07) is 9.74. The van der Waals surface area contributed by atoms with E-state index < -0.39 is 6.09 Å². The van der Waals surface area contributed by atoms with E-state index in [2.05, 4.69) is 0 Å². The molecule has 0 atom stereocenters. The fourth-order valence-corrected chi connectivity index (χ4v) is 2.30. The van der Waals surface area contributed by atoms with Crippen molar-refractivity contribution in [1.82, 2.24) is 0 Å². The van der Waals surface area contributed by atoms with Crippen LogP contribution >= 0.6 is 0 Å². The number of nitrogen functional groups attached to an aromatic ring is 1. The van der Waals surface area contributed by atoms with E-state index >= 15 is 0 Å². The van der Waals surface area contributed by atoms with E-state index in [1.165, 1.54) is 7.05 Å². The molecule has 6 heteroatoms. The zero-order valence-electron chi connectivity index (χ0n) is 14.2. The lowest BCUT2D eigenvalue weighted by atomic mass is 9.86. The van der Waals surface area contributed by atoms with Gasteiger partial charge in [0.05, 0.1) is 11.4 Å². The second kappa shape index (κ2) is 6.31. The van der Waals surface area contributed by atoms with E-state index in [0.717, 1.165) is 10.5 Å². The molecule has 0 heterocycles. The molecule has 0 saturated heterocycles. The summed E-state index contributed by atoms with van der Waals surface area (Å²) < 4.78 is 5.93. The third-order valence-corrected chi connectivity index (χ3v) is 3.65. The number of carboxylic acid groups (broad SMARTS) is 1. The van der Waals surface area contributed by atoms with Crippen LogP contribution in [0.3, 0.4) is 0 Å². The monoisotopic (exact) mass is 330 g/mol. The van der Waals surface area contributed by atoms with Crippen molar-refractivity contribution in [3.63, 3.8) is 0 Å². The first-order valence-electron chi connectivity index (χ1n) is 7.47. The number of ether oxygens (including phenoxy) is 1. The number of benzene rings is 2. The third-order valence-electron chi connectivity index (χ3n) is 3.65. The molecule has 0 unspecified atom stereocenters. The second-order valence-electron chi connectivity index (χ2n) is 6.59. The van der Waals surface area contributed by atoms with Crippen molar-refractivity contribution in [2.75, 3.05) is 17.7 Å². The fourth-order valence-electron chi connectivity index (χ4n) is 2.30. The van der Waals surface area contributed by atoms with Gasteiger partial charge in [-0.1, -0.05) is 20.8 Å². The van der Waals surface area contributed by atoms with Crippen LogP contribution in [0.2, 0.25) is 0 Å². The topological polar surface area (TPSA) is 96.0 Å². The van der Waals surface area contributed by atoms with Crippen LogP contribution < -0.4 is 15.4 Å². The van der Waals surface area contributed by atoms with Crippen LogP contribution in [0.4, 0.5) is 16.2 Å². The van der Waals surface area contributed by atoms with Crippen molar-refractivity contribution in [1.29, 1.82) is 0 Å². The summed E-state index contributed by atoms with van der Waals surface area (Å²) in [6.45, 7) is 6.05. The smallest absolute Gasteiger partial charge is 0.411 e. The molecule has 2 rings (SSSR count). The van der Waals surface area contributed by atoms with Gasteiger partial charge in [0.2, 0.25) is 0 Å². The lowest BCUT2D eigenvalue weighted by molar-refractivity contribution is 0.203. The fraction of sp³-hybridized carbons (Fsp3) is 0.278. The summed E-state index contributed by atoms with van der Waals surface area (Å²) in [5.41, 5.74) is 7.14. The molecule has 6 nitrogen and oxygen atoms in total. The van der Waals surface area contributed by atoms with E-state index in [1.54, 1.807) is 36.4 Å². The molecule has 4 N–H and O–H groups in total. The number of rotatable bonds is 3. The van der Waals surface area contributed by atoms with E-state index in [1.807, 2.05) is 20.8 Å². The molecule has 0 spiro atoms. The van der Waals surface area contributed by atoms with Crippen molar-refractivity contribution < 1.29 is 19.7 Å². The van der Waals surface area contributed by atoms with Gasteiger partial charge in [-0.15, -0.1) is 0 Å². The number of hydrogen-bond acceptors (Lipinski definition) is 4. The first-order valence-corrected chi connectivity index (χ1v) is 7.47. The first kappa shape index (κ1) is 17.5. The predicted octanol–water partition coefficient (Wildman–Crippen LogP) is 4.18. The van der Waals surface area contributed by atoms with Crippen molar-refractivity contribution in [3.8, 4) is 17.2 Å². The highest BCUT2D eigenvalue weighted by molar-refractivity contribution is 5.90. The van der Waals surface area contributed by atoms with Crippen LogP contribution in [0.25, 0.3) is 0 Å². The number of hydrogen-bond donors (Lipinski definition) is 3. The molecule has 24 heavy (non-hydrogen) atoms. The molecule has 2 aromatic carbocycles. The summed E-state index contributed by atoms with van der Waals surface area (Å²) in [7, 11) is 1.42. The summed E-state index contributed by atoms with van der Waals surface area (Å²) in [5.74, 6) is 1.22. The molecule has 0 saturated carbocycles. The first-order chi connectivity index (χ1) is 11.1. The highest BCUT2D eigenvalue weighted by Gasteiger charge is 2.21. The molecule has 0 aliphatic rings. The number of nitrogens with zero attached hydrogens (tertiary/aromatic N) is 1. The van der Waals surface area contributed by atoms with Gasteiger partial charge in [0.1, 0.15) is 17.2 Å². The Kier molecular flexibility index (Phi) is 4.59. The van der Waals surface area contributed by atoms with E-state index in [0.29, 0.717) is 22.9 Å². The Morgan fingerprint density at radius 3 is 2.42 bits per heavy atom. The molecular formula is C18H22N2O4. The average Bonchev–Trinajstić information content (AvgIpc) is 2.49. The molecule has 0 aliphatic heterocycles. The minimum Gasteiger partial charge on any atom is -0.508 e. The van der Waals surface area contributed by atoms with Crippen molar-refractivity contribution in [2.24, 2.45) is 0 Å². The summed E-state index contributed by atoms with van der Waals surface area (Å²) in [4.78, 5) is 12.2. The Morgan fingerprint density at radius 1 is 1.17 bits per heavy atom. The molecule has 0 aromatic heterocycles. The number of phenols is 1. The Labute approximate surface area is 141 Å². The van der Waals surface area contributed by atoms with Gasteiger partial charge in [0.25, 0.3) is 0 Å². The maximum Gasteiger partial charge on any atom is 0.411 e. The molecule has 0 radical (unpaired) electrons. The summed E-state index contributed by atoms with van der Waals surface area (Å²) in [6.07, 6.45) is -1.11. The Morgan fingerprint density at radius 2 is 1.83 bits per heavy atom. The Bertz CT molecular complexity index is 766. The predicted molar refractivity (Wildman–Crippen MR) is 94.2 cm³/mol. The van der Waals surface area contributed by atoms with Gasteiger partial charge in [-0.2, -0.15) is 0 Å². The normalized spacial score (nSPS) is 11.2. The highest BCUT2D eigenvalue weighted by Crippen LogP contribution is 2.38. The van der Waals surface area contributed by atoms with E-state index in [-0.39, 0.29) is 11.2 Å². The molecular weight excluding hydrogens is 308 g/mol. The average molecular weight is 330 g/mol.